The zero-order chi connectivity index (χ0) is 14.6. The molecule has 108 valence electrons. The smallest absolute Gasteiger partial charge is 0.310 e. The summed E-state index contributed by atoms with van der Waals surface area (Å²) in [5.74, 6) is 0. The molecular weight excluding hydrogens is 319 g/mol. The number of benzene rings is 1. The molecular formula is C14H19BrF3N. The highest BCUT2D eigenvalue weighted by Gasteiger charge is 2.29. The second kappa shape index (κ2) is 6.75. The Morgan fingerprint density at radius 3 is 2.37 bits per heavy atom. The third kappa shape index (κ3) is 5.15. The van der Waals surface area contributed by atoms with E-state index >= 15 is 0 Å². The molecule has 1 nitrogen and oxygen atoms in total. The van der Waals surface area contributed by atoms with Gasteiger partial charge in [0.05, 0.1) is 0 Å². The molecule has 0 saturated heterocycles. The fourth-order valence-corrected chi connectivity index (χ4v) is 2.56. The van der Waals surface area contributed by atoms with Crippen LogP contribution < -0.4 is 5.32 Å². The van der Waals surface area contributed by atoms with Gasteiger partial charge in [-0.05, 0) is 49.6 Å². The average Bonchev–Trinajstić information content (AvgIpc) is 2.28. The fourth-order valence-electron chi connectivity index (χ4n) is 2.10. The highest BCUT2D eigenvalue weighted by Crippen LogP contribution is 2.31. The molecule has 19 heavy (non-hydrogen) atoms. The normalized spacial score (nSPS) is 13.6. The Bertz CT molecular complexity index is 429. The second-order valence-corrected chi connectivity index (χ2v) is 5.58. The van der Waals surface area contributed by atoms with Gasteiger partial charge in [-0.2, -0.15) is 13.2 Å². The molecule has 0 aliphatic rings. The van der Waals surface area contributed by atoms with Crippen LogP contribution >= 0.6 is 15.9 Å². The molecule has 1 aromatic rings. The van der Waals surface area contributed by atoms with E-state index in [2.05, 4.69) is 21.2 Å². The van der Waals surface area contributed by atoms with Crippen LogP contribution in [0.25, 0.3) is 0 Å². The van der Waals surface area contributed by atoms with E-state index in [9.17, 15) is 13.2 Å². The van der Waals surface area contributed by atoms with Gasteiger partial charge in [0.2, 0.25) is 0 Å². The molecule has 0 aliphatic carbocycles. The van der Waals surface area contributed by atoms with E-state index in [1.54, 1.807) is 0 Å². The largest absolute Gasteiger partial charge is 0.389 e. The molecule has 0 heterocycles. The Morgan fingerprint density at radius 2 is 1.84 bits per heavy atom. The van der Waals surface area contributed by atoms with Crippen molar-refractivity contribution in [3.63, 3.8) is 0 Å². The first-order chi connectivity index (χ1) is 8.74. The van der Waals surface area contributed by atoms with Crippen molar-refractivity contribution in [1.29, 1.82) is 0 Å². The number of alkyl halides is 3. The highest BCUT2D eigenvalue weighted by molar-refractivity contribution is 9.10. The van der Waals surface area contributed by atoms with Crippen molar-refractivity contribution in [3.05, 3.63) is 33.3 Å². The Labute approximate surface area is 120 Å². The molecule has 1 N–H and O–H groups in total. The van der Waals surface area contributed by atoms with Crippen LogP contribution in [0.2, 0.25) is 0 Å². The summed E-state index contributed by atoms with van der Waals surface area (Å²) in [5.41, 5.74) is 2.99. The van der Waals surface area contributed by atoms with Crippen LogP contribution in [0.1, 0.15) is 42.5 Å². The maximum atomic E-state index is 12.4. The Kier molecular flexibility index (Phi) is 5.86. The van der Waals surface area contributed by atoms with Crippen molar-refractivity contribution >= 4 is 15.9 Å². The van der Waals surface area contributed by atoms with Crippen molar-refractivity contribution in [2.75, 3.05) is 6.54 Å². The average molecular weight is 338 g/mol. The standard InChI is InChI=1S/C14H19BrF3N/c1-4-19-13(5-6-14(16,17)18)11-7-10(3)12(15)8-9(11)2/h7-8,13,19H,4-6H2,1-3H3. The van der Waals surface area contributed by atoms with Gasteiger partial charge in [0, 0.05) is 16.9 Å². The van der Waals surface area contributed by atoms with Crippen molar-refractivity contribution in [2.24, 2.45) is 0 Å². The maximum absolute atomic E-state index is 12.4. The number of hydrogen-bond acceptors (Lipinski definition) is 1. The number of rotatable bonds is 5. The molecule has 5 heteroatoms. The van der Waals surface area contributed by atoms with Crippen molar-refractivity contribution in [1.82, 2.24) is 5.32 Å². The molecule has 1 rings (SSSR count). The van der Waals surface area contributed by atoms with Gasteiger partial charge in [0.25, 0.3) is 0 Å². The number of hydrogen-bond donors (Lipinski definition) is 1. The maximum Gasteiger partial charge on any atom is 0.389 e. The van der Waals surface area contributed by atoms with Crippen LogP contribution in [0.15, 0.2) is 16.6 Å². The summed E-state index contributed by atoms with van der Waals surface area (Å²) >= 11 is 3.44. The lowest BCUT2D eigenvalue weighted by molar-refractivity contribution is -0.136. The van der Waals surface area contributed by atoms with E-state index in [0.717, 1.165) is 21.2 Å². The predicted molar refractivity (Wildman–Crippen MR) is 75.3 cm³/mol. The van der Waals surface area contributed by atoms with Crippen molar-refractivity contribution in [3.8, 4) is 0 Å². The van der Waals surface area contributed by atoms with Crippen LogP contribution in [0.3, 0.4) is 0 Å². The monoisotopic (exact) mass is 337 g/mol. The topological polar surface area (TPSA) is 12.0 Å². The minimum Gasteiger partial charge on any atom is -0.310 e. The Hall–Kier alpha value is -0.550. The third-order valence-corrected chi connectivity index (χ3v) is 3.94. The van der Waals surface area contributed by atoms with Crippen LogP contribution in [0.4, 0.5) is 13.2 Å². The molecule has 0 radical (unpaired) electrons. The lowest BCUT2D eigenvalue weighted by Crippen LogP contribution is -2.24. The zero-order valence-corrected chi connectivity index (χ0v) is 13.0. The van der Waals surface area contributed by atoms with Gasteiger partial charge >= 0.3 is 6.18 Å². The molecule has 0 amide bonds. The predicted octanol–water partition coefficient (Wildman–Crippen LogP) is 5.06. The molecule has 0 spiro atoms. The summed E-state index contributed by atoms with van der Waals surface area (Å²) in [6.07, 6.45) is -4.80. The minimum atomic E-state index is -4.11. The quantitative estimate of drug-likeness (QED) is 0.791. The molecule has 0 aliphatic heterocycles. The van der Waals surface area contributed by atoms with E-state index in [1.165, 1.54) is 0 Å². The van der Waals surface area contributed by atoms with Gasteiger partial charge in [0.1, 0.15) is 0 Å². The third-order valence-electron chi connectivity index (χ3n) is 3.09. The lowest BCUT2D eigenvalue weighted by atomic mass is 9.95. The van der Waals surface area contributed by atoms with Crippen LogP contribution in [0, 0.1) is 13.8 Å². The van der Waals surface area contributed by atoms with Crippen LogP contribution in [-0.2, 0) is 0 Å². The SMILES string of the molecule is CCNC(CCC(F)(F)F)c1cc(C)c(Br)cc1C. The second-order valence-electron chi connectivity index (χ2n) is 4.72. The van der Waals surface area contributed by atoms with Gasteiger partial charge in [0.15, 0.2) is 0 Å². The van der Waals surface area contributed by atoms with E-state index in [-0.39, 0.29) is 12.5 Å². The van der Waals surface area contributed by atoms with Crippen molar-refractivity contribution in [2.45, 2.75) is 45.8 Å². The molecule has 1 atom stereocenters. The molecule has 1 unspecified atom stereocenters. The minimum absolute atomic E-state index is 0.0687. The number of halogens is 4. The highest BCUT2D eigenvalue weighted by atomic mass is 79.9. The first-order valence-corrected chi connectivity index (χ1v) is 7.10. The summed E-state index contributed by atoms with van der Waals surface area (Å²) in [7, 11) is 0. The van der Waals surface area contributed by atoms with Gasteiger partial charge in [-0.25, -0.2) is 0 Å². The van der Waals surface area contributed by atoms with Crippen molar-refractivity contribution < 1.29 is 13.2 Å². The summed E-state index contributed by atoms with van der Waals surface area (Å²) in [4.78, 5) is 0. The van der Waals surface area contributed by atoms with Crippen LogP contribution in [-0.4, -0.2) is 12.7 Å². The Morgan fingerprint density at radius 1 is 1.21 bits per heavy atom. The summed E-state index contributed by atoms with van der Waals surface area (Å²) in [6, 6.07) is 3.67. The Balaban J connectivity index is 2.95. The van der Waals surface area contributed by atoms with E-state index in [0.29, 0.717) is 6.54 Å². The summed E-state index contributed by atoms with van der Waals surface area (Å²) < 4.78 is 38.1. The zero-order valence-electron chi connectivity index (χ0n) is 11.4. The lowest BCUT2D eigenvalue weighted by Gasteiger charge is -2.22. The molecule has 0 bridgehead atoms. The van der Waals surface area contributed by atoms with Gasteiger partial charge in [-0.1, -0.05) is 28.9 Å². The number of aryl methyl sites for hydroxylation is 2. The molecule has 1 aromatic carbocycles. The molecule has 0 aromatic heterocycles. The van der Waals surface area contributed by atoms with Crippen LogP contribution in [0.5, 0.6) is 0 Å². The van der Waals surface area contributed by atoms with E-state index in [1.807, 2.05) is 32.9 Å². The summed E-state index contributed by atoms with van der Waals surface area (Å²) in [5, 5.41) is 3.14. The van der Waals surface area contributed by atoms with E-state index < -0.39 is 12.6 Å². The first-order valence-electron chi connectivity index (χ1n) is 6.31. The van der Waals surface area contributed by atoms with Gasteiger partial charge < -0.3 is 5.32 Å². The fraction of sp³-hybridized carbons (Fsp3) is 0.571. The van der Waals surface area contributed by atoms with Gasteiger partial charge in [-0.15, -0.1) is 0 Å². The first kappa shape index (κ1) is 16.5. The van der Waals surface area contributed by atoms with E-state index in [4.69, 9.17) is 0 Å². The summed E-state index contributed by atoms with van der Waals surface area (Å²) in [6.45, 7) is 6.43. The molecule has 0 fully saturated rings. The molecule has 0 saturated carbocycles. The number of nitrogens with one attached hydrogen (secondary N) is 1. The van der Waals surface area contributed by atoms with Gasteiger partial charge in [-0.3, -0.25) is 0 Å².